The van der Waals surface area contributed by atoms with Crippen LogP contribution < -0.4 is 14.8 Å². The van der Waals surface area contributed by atoms with Crippen molar-refractivity contribution < 1.29 is 19.1 Å². The van der Waals surface area contributed by atoms with Gasteiger partial charge < -0.3 is 19.7 Å². The molecule has 2 aromatic rings. The third-order valence-electron chi connectivity index (χ3n) is 5.30. The van der Waals surface area contributed by atoms with Crippen molar-refractivity contribution in [2.75, 3.05) is 14.2 Å². The van der Waals surface area contributed by atoms with Gasteiger partial charge in [0, 0.05) is 18.5 Å². The first-order valence-electron chi connectivity index (χ1n) is 11.2. The van der Waals surface area contributed by atoms with Gasteiger partial charge in [-0.2, -0.15) is 0 Å². The van der Waals surface area contributed by atoms with Gasteiger partial charge >= 0.3 is 0 Å². The number of hydrogen-bond acceptors (Lipinski definition) is 4. The Bertz CT molecular complexity index is 1000. The minimum Gasteiger partial charge on any atom is -0.493 e. The van der Waals surface area contributed by atoms with Crippen LogP contribution in [0.25, 0.3) is 0 Å². The number of rotatable bonds is 10. The van der Waals surface area contributed by atoms with Crippen LogP contribution in [0.3, 0.4) is 0 Å². The van der Waals surface area contributed by atoms with Gasteiger partial charge in [0.15, 0.2) is 11.5 Å². The minimum atomic E-state index is -0.619. The molecule has 8 heteroatoms. The first-order valence-corrected chi connectivity index (χ1v) is 12.0. The molecule has 0 spiro atoms. The number of nitrogens with one attached hydrogen (secondary N) is 1. The maximum absolute atomic E-state index is 13.5. The highest BCUT2D eigenvalue weighted by Crippen LogP contribution is 2.28. The maximum atomic E-state index is 13.5. The number of aryl methyl sites for hydroxylation is 1. The number of carbonyl (C=O) groups is 2. The Morgan fingerprint density at radius 2 is 1.62 bits per heavy atom. The predicted molar refractivity (Wildman–Crippen MR) is 137 cm³/mol. The zero-order chi connectivity index (χ0) is 25.5. The van der Waals surface area contributed by atoms with Crippen molar-refractivity contribution in [1.82, 2.24) is 10.2 Å². The summed E-state index contributed by atoms with van der Waals surface area (Å²) >= 11 is 12.3. The van der Waals surface area contributed by atoms with Gasteiger partial charge in [0.05, 0.1) is 24.3 Å². The number of halogens is 2. The van der Waals surface area contributed by atoms with Crippen LogP contribution in [0.4, 0.5) is 0 Å². The molecular formula is C26H34Cl2N2O4. The lowest BCUT2D eigenvalue weighted by molar-refractivity contribution is -0.142. The summed E-state index contributed by atoms with van der Waals surface area (Å²) in [5.74, 6) is 0.922. The Morgan fingerprint density at radius 1 is 0.971 bits per heavy atom. The summed E-state index contributed by atoms with van der Waals surface area (Å²) in [6, 6.07) is 10.2. The molecule has 1 N–H and O–H groups in total. The quantitative estimate of drug-likeness (QED) is 0.449. The fraction of sp³-hybridized carbons (Fsp3) is 0.462. The van der Waals surface area contributed by atoms with Crippen molar-refractivity contribution in [2.24, 2.45) is 0 Å². The Balaban J connectivity index is 2.28. The summed E-state index contributed by atoms with van der Waals surface area (Å²) in [5, 5.41) is 3.85. The lowest BCUT2D eigenvalue weighted by atomic mass is 10.0. The Labute approximate surface area is 212 Å². The van der Waals surface area contributed by atoms with Gasteiger partial charge in [0.2, 0.25) is 11.8 Å². The van der Waals surface area contributed by atoms with Crippen LogP contribution in [0.2, 0.25) is 10.0 Å². The highest BCUT2D eigenvalue weighted by molar-refractivity contribution is 6.42. The molecule has 34 heavy (non-hydrogen) atoms. The fourth-order valence-corrected chi connectivity index (χ4v) is 3.96. The van der Waals surface area contributed by atoms with Crippen LogP contribution in [-0.4, -0.2) is 42.5 Å². The second-order valence-corrected chi connectivity index (χ2v) is 9.94. The first kappa shape index (κ1) is 27.8. The van der Waals surface area contributed by atoms with E-state index in [1.165, 1.54) is 0 Å². The molecule has 0 fully saturated rings. The van der Waals surface area contributed by atoms with Crippen LogP contribution in [0.1, 0.15) is 51.7 Å². The number of amides is 2. The van der Waals surface area contributed by atoms with Crippen LogP contribution in [0, 0.1) is 0 Å². The van der Waals surface area contributed by atoms with Crippen LogP contribution in [-0.2, 0) is 22.6 Å². The van der Waals surface area contributed by atoms with E-state index in [0.717, 1.165) is 11.1 Å². The summed E-state index contributed by atoms with van der Waals surface area (Å²) in [6.45, 7) is 7.90. The molecule has 2 amide bonds. The lowest BCUT2D eigenvalue weighted by Gasteiger charge is -2.33. The van der Waals surface area contributed by atoms with E-state index in [0.29, 0.717) is 34.4 Å². The smallest absolute Gasteiger partial charge is 0.243 e. The van der Waals surface area contributed by atoms with Gasteiger partial charge in [-0.05, 0) is 69.0 Å². The summed E-state index contributed by atoms with van der Waals surface area (Å²) in [4.78, 5) is 28.2. The molecule has 0 aliphatic carbocycles. The number of hydrogen-bond donors (Lipinski definition) is 1. The van der Waals surface area contributed by atoms with E-state index in [2.05, 4.69) is 5.32 Å². The van der Waals surface area contributed by atoms with Crippen LogP contribution >= 0.6 is 23.2 Å². The van der Waals surface area contributed by atoms with Crippen molar-refractivity contribution in [2.45, 2.75) is 65.1 Å². The number of carbonyl (C=O) groups excluding carboxylic acids is 2. The molecule has 0 aliphatic rings. The second-order valence-electron chi connectivity index (χ2n) is 9.12. The average molecular weight is 509 g/mol. The molecule has 0 aromatic heterocycles. The molecule has 6 nitrogen and oxygen atoms in total. The molecule has 1 atom stereocenters. The summed E-state index contributed by atoms with van der Waals surface area (Å²) in [5.41, 5.74) is 1.33. The van der Waals surface area contributed by atoms with E-state index in [1.54, 1.807) is 31.3 Å². The standard InChI is InChI=1S/C26H34Cl2N2O4/c1-7-21(25(32)29-26(2,3)4)30(16-18-8-11-19(27)20(28)14-18)24(31)13-10-17-9-12-22(33-5)23(15-17)34-6/h8-9,11-12,14-15,21H,7,10,13,16H2,1-6H3,(H,29,32). The maximum Gasteiger partial charge on any atom is 0.243 e. The Kier molecular flexibility index (Phi) is 10.1. The zero-order valence-corrected chi connectivity index (χ0v) is 22.2. The molecule has 0 aliphatic heterocycles. The number of benzene rings is 2. The molecule has 2 rings (SSSR count). The zero-order valence-electron chi connectivity index (χ0n) is 20.7. The van der Waals surface area contributed by atoms with Gasteiger partial charge in [0.25, 0.3) is 0 Å². The van der Waals surface area contributed by atoms with Crippen LogP contribution in [0.15, 0.2) is 36.4 Å². The highest BCUT2D eigenvalue weighted by atomic mass is 35.5. The SMILES string of the molecule is CCC(C(=O)NC(C)(C)C)N(Cc1ccc(Cl)c(Cl)c1)C(=O)CCc1ccc(OC)c(OC)c1. The van der Waals surface area contributed by atoms with Crippen molar-refractivity contribution >= 4 is 35.0 Å². The van der Waals surface area contributed by atoms with Crippen molar-refractivity contribution in [3.8, 4) is 11.5 Å². The van der Waals surface area contributed by atoms with E-state index in [4.69, 9.17) is 32.7 Å². The number of ether oxygens (including phenoxy) is 2. The third-order valence-corrected chi connectivity index (χ3v) is 6.04. The molecule has 186 valence electrons. The fourth-order valence-electron chi connectivity index (χ4n) is 3.64. The third kappa shape index (κ3) is 7.81. The largest absolute Gasteiger partial charge is 0.493 e. The first-order chi connectivity index (χ1) is 16.0. The van der Waals surface area contributed by atoms with Gasteiger partial charge in [-0.15, -0.1) is 0 Å². The van der Waals surface area contributed by atoms with E-state index in [9.17, 15) is 9.59 Å². The van der Waals surface area contributed by atoms with Crippen LogP contribution in [0.5, 0.6) is 11.5 Å². The summed E-state index contributed by atoms with van der Waals surface area (Å²) in [7, 11) is 3.15. The predicted octanol–water partition coefficient (Wildman–Crippen LogP) is 5.67. The average Bonchev–Trinajstić information content (AvgIpc) is 2.78. The molecule has 1 unspecified atom stereocenters. The van der Waals surface area contributed by atoms with E-state index in [-0.39, 0.29) is 24.8 Å². The molecule has 0 radical (unpaired) electrons. The van der Waals surface area contributed by atoms with Gasteiger partial charge in [-0.25, -0.2) is 0 Å². The van der Waals surface area contributed by atoms with E-state index < -0.39 is 11.6 Å². The molecular weight excluding hydrogens is 475 g/mol. The number of methoxy groups -OCH3 is 2. The van der Waals surface area contributed by atoms with Crippen molar-refractivity contribution in [1.29, 1.82) is 0 Å². The van der Waals surface area contributed by atoms with E-state index in [1.807, 2.05) is 52.0 Å². The normalized spacial score (nSPS) is 12.1. The van der Waals surface area contributed by atoms with Crippen molar-refractivity contribution in [3.05, 3.63) is 57.6 Å². The Hall–Kier alpha value is -2.44. The monoisotopic (exact) mass is 508 g/mol. The summed E-state index contributed by atoms with van der Waals surface area (Å²) < 4.78 is 10.7. The van der Waals surface area contributed by atoms with Gasteiger partial charge in [0.1, 0.15) is 6.04 Å². The summed E-state index contributed by atoms with van der Waals surface area (Å²) in [6.07, 6.45) is 1.20. The molecule has 0 saturated heterocycles. The van der Waals surface area contributed by atoms with E-state index >= 15 is 0 Å². The van der Waals surface area contributed by atoms with Gasteiger partial charge in [-0.3, -0.25) is 9.59 Å². The minimum absolute atomic E-state index is 0.128. The number of nitrogens with zero attached hydrogens (tertiary/aromatic N) is 1. The van der Waals surface area contributed by atoms with Crippen molar-refractivity contribution in [3.63, 3.8) is 0 Å². The Morgan fingerprint density at radius 3 is 2.18 bits per heavy atom. The molecule has 0 heterocycles. The molecule has 0 bridgehead atoms. The molecule has 0 saturated carbocycles. The highest BCUT2D eigenvalue weighted by Gasteiger charge is 2.30. The second kappa shape index (κ2) is 12.3. The molecule has 2 aromatic carbocycles. The lowest BCUT2D eigenvalue weighted by Crippen LogP contribution is -2.53. The topological polar surface area (TPSA) is 67.9 Å². The van der Waals surface area contributed by atoms with Gasteiger partial charge in [-0.1, -0.05) is 42.3 Å².